The minimum Gasteiger partial charge on any atom is -0.338 e. The van der Waals surface area contributed by atoms with E-state index in [9.17, 15) is 4.79 Å². The lowest BCUT2D eigenvalue weighted by Crippen LogP contribution is -2.49. The molecule has 1 unspecified atom stereocenters. The first-order chi connectivity index (χ1) is 6.74. The number of rotatable bonds is 2. The third-order valence-corrected chi connectivity index (χ3v) is 3.22. The van der Waals surface area contributed by atoms with Crippen LogP contribution in [0, 0.1) is 0 Å². The monoisotopic (exact) mass is 197 g/mol. The van der Waals surface area contributed by atoms with E-state index >= 15 is 0 Å². The summed E-state index contributed by atoms with van der Waals surface area (Å²) in [5, 5.41) is 0. The van der Waals surface area contributed by atoms with Gasteiger partial charge in [0.1, 0.15) is 6.04 Å². The summed E-state index contributed by atoms with van der Waals surface area (Å²) in [6.45, 7) is 2.35. The van der Waals surface area contributed by atoms with E-state index in [2.05, 4.69) is 4.90 Å². The highest BCUT2D eigenvalue weighted by Crippen LogP contribution is 2.28. The van der Waals surface area contributed by atoms with Crippen molar-refractivity contribution in [3.8, 4) is 0 Å². The topological polar surface area (TPSA) is 49.6 Å². The number of carbonyl (C=O) groups excluding carboxylic acids is 1. The molecule has 2 rings (SSSR count). The predicted octanol–water partition coefficient (Wildman–Crippen LogP) is -0.360. The van der Waals surface area contributed by atoms with Crippen LogP contribution in [0.5, 0.6) is 0 Å². The Labute approximate surface area is 85.0 Å². The van der Waals surface area contributed by atoms with Crippen molar-refractivity contribution < 1.29 is 4.79 Å². The maximum Gasteiger partial charge on any atom is 0.241 e. The van der Waals surface area contributed by atoms with Crippen LogP contribution in [0.4, 0.5) is 0 Å². The summed E-state index contributed by atoms with van der Waals surface area (Å²) in [5.41, 5.74) is 5.65. The summed E-state index contributed by atoms with van der Waals surface area (Å²) in [4.78, 5) is 16.2. The van der Waals surface area contributed by atoms with Gasteiger partial charge in [-0.3, -0.25) is 9.69 Å². The fourth-order valence-electron chi connectivity index (χ4n) is 2.17. The lowest BCUT2D eigenvalue weighted by atomic mass is 10.2. The molecule has 1 heterocycles. The Hall–Kier alpha value is -0.610. The number of nitrogens with zero attached hydrogens (tertiary/aromatic N) is 2. The first-order valence-electron chi connectivity index (χ1n) is 5.45. The number of amides is 1. The summed E-state index contributed by atoms with van der Waals surface area (Å²) < 4.78 is 0. The van der Waals surface area contributed by atoms with Crippen molar-refractivity contribution in [3.63, 3.8) is 0 Å². The summed E-state index contributed by atoms with van der Waals surface area (Å²) in [5.74, 6) is 0.245. The van der Waals surface area contributed by atoms with Gasteiger partial charge in [0.15, 0.2) is 0 Å². The average Bonchev–Trinajstić information content (AvgIpc) is 2.95. The molecule has 0 spiro atoms. The second-order valence-electron chi connectivity index (χ2n) is 4.35. The Kier molecular flexibility index (Phi) is 2.74. The summed E-state index contributed by atoms with van der Waals surface area (Å²) in [6.07, 6.45) is 3.45. The third kappa shape index (κ3) is 1.77. The molecule has 1 saturated heterocycles. The van der Waals surface area contributed by atoms with E-state index in [-0.39, 0.29) is 11.9 Å². The smallest absolute Gasteiger partial charge is 0.241 e. The molecule has 0 aromatic carbocycles. The Morgan fingerprint density at radius 3 is 2.71 bits per heavy atom. The lowest BCUT2D eigenvalue weighted by Gasteiger charge is -2.26. The van der Waals surface area contributed by atoms with Crippen LogP contribution in [-0.2, 0) is 4.79 Å². The van der Waals surface area contributed by atoms with Gasteiger partial charge in [0.05, 0.1) is 0 Å². The highest BCUT2D eigenvalue weighted by atomic mass is 16.2. The van der Waals surface area contributed by atoms with Gasteiger partial charge in [-0.2, -0.15) is 0 Å². The highest BCUT2D eigenvalue weighted by Gasteiger charge is 2.37. The molecule has 1 atom stereocenters. The van der Waals surface area contributed by atoms with Crippen LogP contribution < -0.4 is 5.73 Å². The first kappa shape index (κ1) is 9.93. The van der Waals surface area contributed by atoms with Crippen molar-refractivity contribution in [2.45, 2.75) is 31.3 Å². The molecule has 14 heavy (non-hydrogen) atoms. The van der Waals surface area contributed by atoms with E-state index in [0.717, 1.165) is 19.5 Å². The molecule has 0 aromatic rings. The molecule has 1 aliphatic heterocycles. The average molecular weight is 197 g/mol. The third-order valence-electron chi connectivity index (χ3n) is 3.22. The molecule has 4 heteroatoms. The van der Waals surface area contributed by atoms with Crippen LogP contribution in [-0.4, -0.2) is 54.5 Å². The van der Waals surface area contributed by atoms with Crippen molar-refractivity contribution >= 4 is 5.91 Å². The van der Waals surface area contributed by atoms with Crippen LogP contribution in [0.15, 0.2) is 0 Å². The first-order valence-corrected chi connectivity index (χ1v) is 5.45. The van der Waals surface area contributed by atoms with E-state index in [0.29, 0.717) is 12.6 Å². The summed E-state index contributed by atoms with van der Waals surface area (Å²) in [6, 6.07) is 0.446. The molecule has 0 aromatic heterocycles. The van der Waals surface area contributed by atoms with E-state index in [4.69, 9.17) is 5.73 Å². The normalized spacial score (nSPS) is 30.6. The zero-order chi connectivity index (χ0) is 10.1. The van der Waals surface area contributed by atoms with Crippen LogP contribution in [0.2, 0.25) is 0 Å². The van der Waals surface area contributed by atoms with Gasteiger partial charge in [-0.05, 0) is 26.3 Å². The molecule has 2 fully saturated rings. The quantitative estimate of drug-likeness (QED) is 0.657. The minimum atomic E-state index is -0.0851. The molecular formula is C10H19N3O. The number of nitrogens with two attached hydrogens (primary N) is 1. The Bertz CT molecular complexity index is 223. The largest absolute Gasteiger partial charge is 0.338 e. The zero-order valence-corrected chi connectivity index (χ0v) is 8.78. The maximum atomic E-state index is 12.1. The van der Waals surface area contributed by atoms with Crippen molar-refractivity contribution in [3.05, 3.63) is 0 Å². The molecule has 2 N–H and O–H groups in total. The maximum absolute atomic E-state index is 12.1. The van der Waals surface area contributed by atoms with Crippen molar-refractivity contribution in [2.75, 3.05) is 26.7 Å². The van der Waals surface area contributed by atoms with Gasteiger partial charge in [-0.25, -0.2) is 0 Å². The summed E-state index contributed by atoms with van der Waals surface area (Å²) in [7, 11) is 1.99. The number of hydrogen-bond acceptors (Lipinski definition) is 3. The molecule has 80 valence electrons. The van der Waals surface area contributed by atoms with Crippen LogP contribution in [0.1, 0.15) is 19.3 Å². The lowest BCUT2D eigenvalue weighted by molar-refractivity contribution is -0.135. The number of likely N-dealkylation sites (N-methyl/N-ethyl adjacent to an activating group) is 1. The van der Waals surface area contributed by atoms with Crippen molar-refractivity contribution in [1.82, 2.24) is 9.80 Å². The Balaban J connectivity index is 2.09. The van der Waals surface area contributed by atoms with Gasteiger partial charge < -0.3 is 10.6 Å². The molecular weight excluding hydrogens is 178 g/mol. The van der Waals surface area contributed by atoms with Crippen molar-refractivity contribution in [2.24, 2.45) is 5.73 Å². The highest BCUT2D eigenvalue weighted by molar-refractivity contribution is 5.83. The molecule has 1 saturated carbocycles. The fourth-order valence-corrected chi connectivity index (χ4v) is 2.17. The van der Waals surface area contributed by atoms with Crippen molar-refractivity contribution in [1.29, 1.82) is 0 Å². The molecule has 4 nitrogen and oxygen atoms in total. The van der Waals surface area contributed by atoms with Crippen LogP contribution in [0.25, 0.3) is 0 Å². The summed E-state index contributed by atoms with van der Waals surface area (Å²) >= 11 is 0. The standard InChI is InChI=1S/C10H19N3O/c1-12-5-2-6-13(8-3-4-8)10(14)9(12)7-11/h8-9H,2-7,11H2,1H3. The predicted molar refractivity (Wildman–Crippen MR) is 54.8 cm³/mol. The fraction of sp³-hybridized carbons (Fsp3) is 0.900. The van der Waals surface area contributed by atoms with E-state index in [1.54, 1.807) is 0 Å². The van der Waals surface area contributed by atoms with Gasteiger partial charge in [0.25, 0.3) is 0 Å². The van der Waals surface area contributed by atoms with Crippen LogP contribution in [0.3, 0.4) is 0 Å². The number of carbonyl (C=O) groups is 1. The van der Waals surface area contributed by atoms with Gasteiger partial charge in [0, 0.05) is 25.7 Å². The van der Waals surface area contributed by atoms with E-state index < -0.39 is 0 Å². The van der Waals surface area contributed by atoms with E-state index in [1.165, 1.54) is 12.8 Å². The Morgan fingerprint density at radius 2 is 2.14 bits per heavy atom. The van der Waals surface area contributed by atoms with Crippen LogP contribution >= 0.6 is 0 Å². The van der Waals surface area contributed by atoms with Gasteiger partial charge >= 0.3 is 0 Å². The SMILES string of the molecule is CN1CCCN(C2CC2)C(=O)C1CN. The van der Waals surface area contributed by atoms with Gasteiger partial charge in [-0.15, -0.1) is 0 Å². The van der Waals surface area contributed by atoms with E-state index in [1.807, 2.05) is 11.9 Å². The molecule has 2 aliphatic rings. The molecule has 0 radical (unpaired) electrons. The zero-order valence-electron chi connectivity index (χ0n) is 8.78. The number of hydrogen-bond donors (Lipinski definition) is 1. The molecule has 1 aliphatic carbocycles. The molecule has 1 amide bonds. The van der Waals surface area contributed by atoms with Gasteiger partial charge in [-0.1, -0.05) is 0 Å². The second-order valence-corrected chi connectivity index (χ2v) is 4.35. The Morgan fingerprint density at radius 1 is 1.43 bits per heavy atom. The second kappa shape index (κ2) is 3.87. The minimum absolute atomic E-state index is 0.0851. The van der Waals surface area contributed by atoms with Gasteiger partial charge in [0.2, 0.25) is 5.91 Å². The molecule has 0 bridgehead atoms.